The zero-order valence-electron chi connectivity index (χ0n) is 31.0. The quantitative estimate of drug-likeness (QED) is 0.131. The number of para-hydroxylation sites is 3. The van der Waals surface area contributed by atoms with E-state index >= 15 is 0 Å². The van der Waals surface area contributed by atoms with Crippen molar-refractivity contribution in [2.24, 2.45) is 0 Å². The Morgan fingerprint density at radius 2 is 1.23 bits per heavy atom. The van der Waals surface area contributed by atoms with Gasteiger partial charge < -0.3 is 13.9 Å². The van der Waals surface area contributed by atoms with Crippen molar-refractivity contribution in [2.45, 2.75) is 19.3 Å². The predicted molar refractivity (Wildman–Crippen MR) is 222 cm³/mol. The largest absolute Gasteiger partial charge is 0.510 e. The fourth-order valence-corrected chi connectivity index (χ4v) is 9.23. The van der Waals surface area contributed by atoms with Gasteiger partial charge in [0, 0.05) is 55.3 Å². The van der Waals surface area contributed by atoms with Crippen LogP contribution in [0.25, 0.3) is 83.4 Å². The second-order valence-electron chi connectivity index (χ2n) is 15.2. The van der Waals surface area contributed by atoms with E-state index in [1.807, 2.05) is 30.5 Å². The van der Waals surface area contributed by atoms with Crippen molar-refractivity contribution in [1.82, 2.24) is 14.1 Å². The maximum atomic E-state index is 6.62. The maximum Gasteiger partial charge on any atom is 0.268 e. The summed E-state index contributed by atoms with van der Waals surface area (Å²) in [5, 5.41) is 2.31. The van der Waals surface area contributed by atoms with Crippen LogP contribution in [0.3, 0.4) is 0 Å². The molecular formula is C51H32N4OPt-2. The number of hydrogen-bond acceptors (Lipinski definition) is 2. The molecule has 2 aliphatic heterocycles. The van der Waals surface area contributed by atoms with Crippen LogP contribution in [0, 0.1) is 18.5 Å². The number of pyridine rings is 1. The molecule has 2 aliphatic rings. The summed E-state index contributed by atoms with van der Waals surface area (Å²) in [6, 6.07) is 60.7. The van der Waals surface area contributed by atoms with Gasteiger partial charge in [-0.1, -0.05) is 129 Å². The number of rotatable bonds is 3. The van der Waals surface area contributed by atoms with Gasteiger partial charge in [0.2, 0.25) is 0 Å². The van der Waals surface area contributed by atoms with Gasteiger partial charge in [-0.05, 0) is 62.2 Å². The van der Waals surface area contributed by atoms with Gasteiger partial charge in [0.25, 0.3) is 6.33 Å². The smallest absolute Gasteiger partial charge is 0.268 e. The molecule has 57 heavy (non-hydrogen) atoms. The van der Waals surface area contributed by atoms with Gasteiger partial charge in [0.05, 0.1) is 16.7 Å². The first kappa shape index (κ1) is 33.8. The van der Waals surface area contributed by atoms with Crippen molar-refractivity contribution in [3.05, 3.63) is 187 Å². The van der Waals surface area contributed by atoms with Crippen LogP contribution in [0.5, 0.6) is 11.5 Å². The fourth-order valence-electron chi connectivity index (χ4n) is 9.23. The average Bonchev–Trinajstić information content (AvgIpc) is 3.80. The second-order valence-corrected chi connectivity index (χ2v) is 15.2. The van der Waals surface area contributed by atoms with Crippen molar-refractivity contribution >= 4 is 32.8 Å². The molecule has 12 rings (SSSR count). The summed E-state index contributed by atoms with van der Waals surface area (Å²) in [4.78, 5) is 4.91. The first-order chi connectivity index (χ1) is 27.5. The predicted octanol–water partition coefficient (Wildman–Crippen LogP) is 11.5. The molecule has 7 aromatic carbocycles. The Labute approximate surface area is 344 Å². The zero-order valence-corrected chi connectivity index (χ0v) is 33.3. The second kappa shape index (κ2) is 12.5. The van der Waals surface area contributed by atoms with Gasteiger partial charge in [-0.2, -0.15) is 18.2 Å². The first-order valence-electron chi connectivity index (χ1n) is 19.0. The van der Waals surface area contributed by atoms with Crippen LogP contribution in [0.4, 0.5) is 0 Å². The molecule has 0 N–H and O–H groups in total. The average molecular weight is 912 g/mol. The van der Waals surface area contributed by atoms with E-state index in [-0.39, 0.29) is 26.5 Å². The van der Waals surface area contributed by atoms with Crippen molar-refractivity contribution in [1.29, 1.82) is 0 Å². The molecule has 274 valence electrons. The van der Waals surface area contributed by atoms with Gasteiger partial charge in [0.15, 0.2) is 0 Å². The zero-order chi connectivity index (χ0) is 37.1. The van der Waals surface area contributed by atoms with Crippen molar-refractivity contribution in [2.75, 3.05) is 0 Å². The van der Waals surface area contributed by atoms with Crippen molar-refractivity contribution < 1.29 is 30.4 Å². The summed E-state index contributed by atoms with van der Waals surface area (Å²) in [7, 11) is 0. The Morgan fingerprint density at radius 3 is 2.04 bits per heavy atom. The van der Waals surface area contributed by atoms with Crippen LogP contribution >= 0.6 is 0 Å². The van der Waals surface area contributed by atoms with Crippen LogP contribution in [-0.2, 0) is 26.5 Å². The van der Waals surface area contributed by atoms with Crippen molar-refractivity contribution in [3.63, 3.8) is 0 Å². The summed E-state index contributed by atoms with van der Waals surface area (Å²) < 4.78 is 13.2. The molecule has 5 nitrogen and oxygen atoms in total. The summed E-state index contributed by atoms with van der Waals surface area (Å²) in [6.07, 6.45) is 5.64. The van der Waals surface area contributed by atoms with Gasteiger partial charge >= 0.3 is 0 Å². The minimum Gasteiger partial charge on any atom is -0.510 e. The molecular weight excluding hydrogens is 880 g/mol. The summed E-state index contributed by atoms with van der Waals surface area (Å²) in [6.45, 7) is 4.56. The molecule has 6 heteroatoms. The minimum absolute atomic E-state index is 0. The van der Waals surface area contributed by atoms with Gasteiger partial charge in [-0.3, -0.25) is 4.57 Å². The third-order valence-electron chi connectivity index (χ3n) is 11.8. The van der Waals surface area contributed by atoms with Gasteiger partial charge in [-0.25, -0.2) is 4.98 Å². The standard InChI is InChI=1S/C51H32N4O.Pt/c1-51(2)43-22-10-20-42-40-27-26-34(30-47(40)55(48(42)43)50-44(51)23-12-28-52-50)56-33-14-9-13-32(29-33)53-31-54-45-24-8-7-19-39(45)37-17-5-3-15-35(37)36-16-4-6-18-38(36)41-21-11-25-46(53)49(41)54;/h3-28H,1-2H3;/q-2;. The summed E-state index contributed by atoms with van der Waals surface area (Å²) in [5.74, 6) is 2.14. The van der Waals surface area contributed by atoms with E-state index in [2.05, 4.69) is 173 Å². The minimum atomic E-state index is -0.187. The van der Waals surface area contributed by atoms with E-state index in [4.69, 9.17) is 9.72 Å². The van der Waals surface area contributed by atoms with Gasteiger partial charge in [-0.15, -0.1) is 29.7 Å². The molecule has 10 aromatic rings. The molecule has 0 aliphatic carbocycles. The Balaban J connectivity index is 0.00000374. The normalized spacial score (nSPS) is 13.1. The third kappa shape index (κ3) is 4.79. The Morgan fingerprint density at radius 1 is 0.579 bits per heavy atom. The van der Waals surface area contributed by atoms with E-state index in [1.54, 1.807) is 0 Å². The topological polar surface area (TPSA) is 35.9 Å². The number of aromatic nitrogens is 4. The van der Waals surface area contributed by atoms with E-state index in [1.165, 1.54) is 44.3 Å². The van der Waals surface area contributed by atoms with E-state index < -0.39 is 0 Å². The number of hydrogen-bond donors (Lipinski definition) is 0. The van der Waals surface area contributed by atoms with Crippen LogP contribution in [-0.4, -0.2) is 14.1 Å². The summed E-state index contributed by atoms with van der Waals surface area (Å²) >= 11 is 0. The van der Waals surface area contributed by atoms with Crippen LogP contribution in [0.1, 0.15) is 25.0 Å². The molecule has 3 aromatic heterocycles. The molecule has 0 atom stereocenters. The third-order valence-corrected chi connectivity index (χ3v) is 11.8. The Kier molecular flexibility index (Phi) is 7.39. The monoisotopic (exact) mass is 911 g/mol. The molecule has 0 saturated carbocycles. The molecule has 0 unspecified atom stereocenters. The van der Waals surface area contributed by atoms with Crippen LogP contribution in [0.2, 0.25) is 0 Å². The number of imidazole rings is 1. The first-order valence-corrected chi connectivity index (χ1v) is 19.0. The Hall–Kier alpha value is -6.55. The summed E-state index contributed by atoms with van der Waals surface area (Å²) in [5.41, 5.74) is 15.4. The van der Waals surface area contributed by atoms with Crippen LogP contribution < -0.4 is 9.30 Å². The van der Waals surface area contributed by atoms with E-state index in [0.29, 0.717) is 11.5 Å². The van der Waals surface area contributed by atoms with Crippen molar-refractivity contribution in [3.8, 4) is 62.1 Å². The fraction of sp³-hybridized carbons (Fsp3) is 0.0588. The number of ether oxygens (including phenoxy) is 1. The molecule has 0 spiro atoms. The molecule has 0 saturated heterocycles. The molecule has 0 radical (unpaired) electrons. The molecule has 0 amide bonds. The van der Waals surface area contributed by atoms with E-state index in [9.17, 15) is 0 Å². The number of benzene rings is 7. The van der Waals surface area contributed by atoms with Gasteiger partial charge in [0.1, 0.15) is 5.82 Å². The number of nitrogens with zero attached hydrogens (tertiary/aromatic N) is 4. The molecule has 5 heterocycles. The maximum absolute atomic E-state index is 6.62. The molecule has 0 bridgehead atoms. The SMILES string of the molecule is CC1(C)c2cccnc2-n2c3[c-]c(Oc4[c-]c(-n5[c-][n+]6c7c(cccc75)-c5ccccc5-c5ccccc5-c5ccccc5-6)ccc4)ccc3c3cccc1c32.[Pt]. The molecule has 0 fully saturated rings. The van der Waals surface area contributed by atoms with Crippen LogP contribution in [0.15, 0.2) is 158 Å². The van der Waals surface area contributed by atoms with E-state index in [0.717, 1.165) is 50.3 Å². The Bertz CT molecular complexity index is 3280. The number of fused-ring (bicyclic) bond motifs is 12.